The van der Waals surface area contributed by atoms with Crippen molar-refractivity contribution < 1.29 is 4.79 Å². The molecular weight excluding hydrogens is 346 g/mol. The van der Waals surface area contributed by atoms with Crippen LogP contribution < -0.4 is 0 Å². The van der Waals surface area contributed by atoms with Crippen molar-refractivity contribution in [3.8, 4) is 0 Å². The number of halogens is 2. The lowest BCUT2D eigenvalue weighted by atomic mass is 10.1. The molecule has 0 atom stereocenters. The normalized spacial score (nSPS) is 15.5. The summed E-state index contributed by atoms with van der Waals surface area (Å²) in [5, 5.41) is 0. The van der Waals surface area contributed by atoms with Crippen molar-refractivity contribution in [2.24, 2.45) is 0 Å². The van der Waals surface area contributed by atoms with Crippen molar-refractivity contribution in [3.05, 3.63) is 20.7 Å². The average Bonchev–Trinajstić information content (AvgIpc) is 2.61. The van der Waals surface area contributed by atoms with Gasteiger partial charge in [0.2, 0.25) is 0 Å². The van der Waals surface area contributed by atoms with Crippen LogP contribution in [-0.4, -0.2) is 17.4 Å². The van der Waals surface area contributed by atoms with Crippen LogP contribution in [0.25, 0.3) is 0 Å². The summed E-state index contributed by atoms with van der Waals surface area (Å²) >= 11 is 6.83. The molecule has 0 aromatic rings. The number of hydrogen-bond acceptors (Lipinski definition) is 1. The number of unbranched alkanes of at least 4 members (excludes halogenated alkanes) is 2. The molecule has 0 N–H and O–H groups in total. The first-order valence-electron chi connectivity index (χ1n) is 6.19. The van der Waals surface area contributed by atoms with Crippen LogP contribution in [0.15, 0.2) is 20.7 Å². The molecule has 4 heteroatoms. The van der Waals surface area contributed by atoms with Crippen LogP contribution in [0.2, 0.25) is 0 Å². The zero-order valence-electron chi connectivity index (χ0n) is 10.4. The Labute approximate surface area is 120 Å². The van der Waals surface area contributed by atoms with Gasteiger partial charge in [-0.3, -0.25) is 4.79 Å². The van der Waals surface area contributed by atoms with Crippen LogP contribution in [0.4, 0.5) is 0 Å². The van der Waals surface area contributed by atoms with Crippen molar-refractivity contribution in [2.75, 3.05) is 6.54 Å². The number of allylic oxidation sites excluding steroid dienone is 1. The highest BCUT2D eigenvalue weighted by Crippen LogP contribution is 2.32. The number of hydrogen-bond donors (Lipinski definition) is 0. The molecule has 0 unspecified atom stereocenters. The van der Waals surface area contributed by atoms with Crippen LogP contribution in [0.5, 0.6) is 0 Å². The number of carbonyl (C=O) groups is 1. The SMILES string of the molecule is CCCCC1=CC(=C(Br)Br)N(CCCC)C1=O. The van der Waals surface area contributed by atoms with E-state index in [0.29, 0.717) is 0 Å². The lowest BCUT2D eigenvalue weighted by Gasteiger charge is -2.18. The lowest BCUT2D eigenvalue weighted by Crippen LogP contribution is -2.27. The first-order chi connectivity index (χ1) is 8.11. The number of carbonyl (C=O) groups excluding carboxylic acids is 1. The Morgan fingerprint density at radius 3 is 2.41 bits per heavy atom. The largest absolute Gasteiger partial charge is 0.307 e. The molecule has 1 amide bonds. The minimum atomic E-state index is 0.179. The van der Waals surface area contributed by atoms with E-state index in [0.717, 1.165) is 53.3 Å². The molecule has 17 heavy (non-hydrogen) atoms. The quantitative estimate of drug-likeness (QED) is 0.668. The Morgan fingerprint density at radius 2 is 1.88 bits per heavy atom. The fraction of sp³-hybridized carbons (Fsp3) is 0.615. The second-order valence-electron chi connectivity index (χ2n) is 4.23. The van der Waals surface area contributed by atoms with Crippen molar-refractivity contribution in [1.29, 1.82) is 0 Å². The topological polar surface area (TPSA) is 20.3 Å². The third-order valence-electron chi connectivity index (χ3n) is 2.85. The monoisotopic (exact) mass is 363 g/mol. The summed E-state index contributed by atoms with van der Waals surface area (Å²) in [4.78, 5) is 14.1. The molecule has 0 saturated carbocycles. The second kappa shape index (κ2) is 7.37. The summed E-state index contributed by atoms with van der Waals surface area (Å²) in [6.07, 6.45) is 7.22. The summed E-state index contributed by atoms with van der Waals surface area (Å²) in [6, 6.07) is 0. The Hall–Kier alpha value is -0.0900. The highest BCUT2D eigenvalue weighted by molar-refractivity contribution is 9.28. The Balaban J connectivity index is 2.81. The first-order valence-corrected chi connectivity index (χ1v) is 7.78. The van der Waals surface area contributed by atoms with Gasteiger partial charge in [-0.05, 0) is 57.2 Å². The van der Waals surface area contributed by atoms with Gasteiger partial charge in [-0.15, -0.1) is 0 Å². The Morgan fingerprint density at radius 1 is 1.24 bits per heavy atom. The standard InChI is InChI=1S/C13H19Br2NO/c1-3-5-7-10-9-11(12(14)15)16(13(10)17)8-6-4-2/h9H,3-8H2,1-2H3. The van der Waals surface area contributed by atoms with Gasteiger partial charge in [-0.25, -0.2) is 0 Å². The van der Waals surface area contributed by atoms with E-state index in [-0.39, 0.29) is 5.91 Å². The van der Waals surface area contributed by atoms with Crippen LogP contribution in [0.1, 0.15) is 46.0 Å². The van der Waals surface area contributed by atoms with Gasteiger partial charge in [0.25, 0.3) is 5.91 Å². The van der Waals surface area contributed by atoms with Gasteiger partial charge in [-0.1, -0.05) is 26.7 Å². The molecule has 0 aromatic heterocycles. The van der Waals surface area contributed by atoms with E-state index in [1.807, 2.05) is 11.0 Å². The predicted molar refractivity (Wildman–Crippen MR) is 79.1 cm³/mol. The van der Waals surface area contributed by atoms with Gasteiger partial charge in [-0.2, -0.15) is 0 Å². The summed E-state index contributed by atoms with van der Waals surface area (Å²) in [5.41, 5.74) is 1.91. The zero-order valence-corrected chi connectivity index (χ0v) is 13.6. The molecule has 1 heterocycles. The highest BCUT2D eigenvalue weighted by Gasteiger charge is 2.28. The molecule has 1 aliphatic heterocycles. The third kappa shape index (κ3) is 3.95. The fourth-order valence-corrected chi connectivity index (χ4v) is 2.49. The van der Waals surface area contributed by atoms with E-state index in [1.165, 1.54) is 0 Å². The molecule has 0 aromatic carbocycles. The van der Waals surface area contributed by atoms with Gasteiger partial charge in [0.15, 0.2) is 0 Å². The predicted octanol–water partition coefficient (Wildman–Crippen LogP) is 4.70. The molecule has 0 radical (unpaired) electrons. The Kier molecular flexibility index (Phi) is 6.49. The van der Waals surface area contributed by atoms with E-state index < -0.39 is 0 Å². The van der Waals surface area contributed by atoms with Crippen molar-refractivity contribution in [1.82, 2.24) is 4.90 Å². The number of rotatable bonds is 6. The molecular formula is C13H19Br2NO. The van der Waals surface area contributed by atoms with Crippen LogP contribution in [0, 0.1) is 0 Å². The van der Waals surface area contributed by atoms with E-state index in [9.17, 15) is 4.79 Å². The van der Waals surface area contributed by atoms with Crippen molar-refractivity contribution in [3.63, 3.8) is 0 Å². The fourth-order valence-electron chi connectivity index (χ4n) is 1.83. The van der Waals surface area contributed by atoms with Gasteiger partial charge in [0, 0.05) is 12.1 Å². The number of nitrogens with zero attached hydrogens (tertiary/aromatic N) is 1. The summed E-state index contributed by atoms with van der Waals surface area (Å²) in [6.45, 7) is 5.09. The molecule has 96 valence electrons. The van der Waals surface area contributed by atoms with Gasteiger partial charge < -0.3 is 4.90 Å². The van der Waals surface area contributed by atoms with Gasteiger partial charge in [0.05, 0.1) is 9.09 Å². The minimum Gasteiger partial charge on any atom is -0.307 e. The van der Waals surface area contributed by atoms with E-state index >= 15 is 0 Å². The third-order valence-corrected chi connectivity index (χ3v) is 3.66. The maximum Gasteiger partial charge on any atom is 0.254 e. The maximum atomic E-state index is 12.2. The first kappa shape index (κ1) is 15.0. The van der Waals surface area contributed by atoms with E-state index in [4.69, 9.17) is 0 Å². The van der Waals surface area contributed by atoms with Crippen molar-refractivity contribution >= 4 is 37.8 Å². The zero-order chi connectivity index (χ0) is 12.8. The molecule has 0 spiro atoms. The Bertz CT molecular complexity index is 343. The average molecular weight is 365 g/mol. The van der Waals surface area contributed by atoms with Crippen molar-refractivity contribution in [2.45, 2.75) is 46.0 Å². The summed E-state index contributed by atoms with van der Waals surface area (Å²) < 4.78 is 0.862. The van der Waals surface area contributed by atoms with Crippen LogP contribution >= 0.6 is 31.9 Å². The second-order valence-corrected chi connectivity index (χ2v) is 6.88. The van der Waals surface area contributed by atoms with Crippen LogP contribution in [0.3, 0.4) is 0 Å². The van der Waals surface area contributed by atoms with E-state index in [1.54, 1.807) is 0 Å². The molecule has 0 saturated heterocycles. The van der Waals surface area contributed by atoms with E-state index in [2.05, 4.69) is 45.7 Å². The maximum absolute atomic E-state index is 12.2. The molecule has 2 nitrogen and oxygen atoms in total. The number of amides is 1. The molecule has 0 fully saturated rings. The molecule has 0 bridgehead atoms. The van der Waals surface area contributed by atoms with Crippen LogP contribution in [-0.2, 0) is 4.79 Å². The summed E-state index contributed by atoms with van der Waals surface area (Å²) in [5.74, 6) is 0.179. The smallest absolute Gasteiger partial charge is 0.254 e. The molecule has 1 aliphatic rings. The minimum absolute atomic E-state index is 0.179. The van der Waals surface area contributed by atoms with Gasteiger partial charge in [0.1, 0.15) is 0 Å². The highest BCUT2D eigenvalue weighted by atomic mass is 79.9. The lowest BCUT2D eigenvalue weighted by molar-refractivity contribution is -0.124. The molecule has 0 aliphatic carbocycles. The molecule has 1 rings (SSSR count). The summed E-state index contributed by atoms with van der Waals surface area (Å²) in [7, 11) is 0. The van der Waals surface area contributed by atoms with Gasteiger partial charge >= 0.3 is 0 Å².